The van der Waals surface area contributed by atoms with E-state index in [4.69, 9.17) is 19.9 Å². The summed E-state index contributed by atoms with van der Waals surface area (Å²) in [4.78, 5) is 22.3. The minimum absolute atomic E-state index is 0.0578. The van der Waals surface area contributed by atoms with Crippen LogP contribution in [0.1, 0.15) is 27.2 Å². The Morgan fingerprint density at radius 2 is 1.78 bits per heavy atom. The summed E-state index contributed by atoms with van der Waals surface area (Å²) in [6.07, 6.45) is 0.102. The van der Waals surface area contributed by atoms with E-state index in [1.54, 1.807) is 11.8 Å². The summed E-state index contributed by atoms with van der Waals surface area (Å²) in [6, 6.07) is -0.604. The molecule has 9 nitrogen and oxygen atoms in total. The van der Waals surface area contributed by atoms with Gasteiger partial charge in [0, 0.05) is 36.4 Å². The highest BCUT2D eigenvalue weighted by Crippen LogP contribution is 2.09. The maximum atomic E-state index is 11.8. The number of urea groups is 1. The molecule has 0 aliphatic heterocycles. The largest absolute Gasteiger partial charge is 0.368 e. The molecule has 0 aliphatic rings. The molecule has 3 amide bonds. The van der Waals surface area contributed by atoms with Crippen molar-refractivity contribution in [3.63, 3.8) is 0 Å². The summed E-state index contributed by atoms with van der Waals surface area (Å²) in [5, 5.41) is 14.8. The van der Waals surface area contributed by atoms with Crippen molar-refractivity contribution in [2.24, 2.45) is 17.6 Å². The van der Waals surface area contributed by atoms with Gasteiger partial charge in [-0.3, -0.25) is 4.79 Å². The lowest BCUT2D eigenvalue weighted by Gasteiger charge is -2.17. The molecule has 0 fully saturated rings. The van der Waals surface area contributed by atoms with Crippen LogP contribution in [0.2, 0.25) is 0 Å². The zero-order valence-corrected chi connectivity index (χ0v) is 17.4. The van der Waals surface area contributed by atoms with Crippen LogP contribution in [0.5, 0.6) is 0 Å². The average molecular weight is 410 g/mol. The van der Waals surface area contributed by atoms with Gasteiger partial charge in [-0.05, 0) is 6.42 Å². The molecule has 3 unspecified atom stereocenters. The van der Waals surface area contributed by atoms with Crippen molar-refractivity contribution in [2.75, 3.05) is 51.2 Å². The number of aliphatic hydroxyl groups is 1. The number of carbonyl (C=O) groups excluding carboxylic acids is 2. The first-order chi connectivity index (χ1) is 12.9. The first-order valence-corrected chi connectivity index (χ1v) is 10.4. The standard InChI is InChI=1S/C17H35N3O6S/c1-4-13(2)16(22)26-8-7-24-12-25-9-10-27-11-14(3)15(21)19-5-6-20-17(18)23/h13-14,16,22H,4-12H2,1-3H3,(H,19,21)(H3,18,20,23). The van der Waals surface area contributed by atoms with Crippen molar-refractivity contribution in [1.82, 2.24) is 10.6 Å². The van der Waals surface area contributed by atoms with Crippen LogP contribution in [0, 0.1) is 11.8 Å². The molecule has 0 rings (SSSR count). The predicted octanol–water partition coefficient (Wildman–Crippen LogP) is 0.512. The van der Waals surface area contributed by atoms with Crippen molar-refractivity contribution in [2.45, 2.75) is 33.5 Å². The minimum atomic E-state index is -0.755. The van der Waals surface area contributed by atoms with Crippen molar-refractivity contribution in [3.8, 4) is 0 Å². The Morgan fingerprint density at radius 3 is 2.44 bits per heavy atom. The molecule has 0 saturated heterocycles. The maximum Gasteiger partial charge on any atom is 0.312 e. The zero-order valence-electron chi connectivity index (χ0n) is 16.6. The highest BCUT2D eigenvalue weighted by molar-refractivity contribution is 7.99. The third-order valence-corrected chi connectivity index (χ3v) is 4.92. The van der Waals surface area contributed by atoms with Gasteiger partial charge in [0.15, 0.2) is 6.29 Å². The first-order valence-electron chi connectivity index (χ1n) is 9.22. The summed E-state index contributed by atoms with van der Waals surface area (Å²) in [7, 11) is 0. The summed E-state index contributed by atoms with van der Waals surface area (Å²) in [6.45, 7) is 7.83. The highest BCUT2D eigenvalue weighted by atomic mass is 32.2. The monoisotopic (exact) mass is 409 g/mol. The molecule has 0 aromatic carbocycles. The van der Waals surface area contributed by atoms with Crippen LogP contribution in [-0.4, -0.2) is 74.5 Å². The third-order valence-electron chi connectivity index (χ3n) is 3.72. The number of aliphatic hydroxyl groups excluding tert-OH is 1. The molecular formula is C17H35N3O6S. The van der Waals surface area contributed by atoms with Crippen LogP contribution in [0.4, 0.5) is 4.79 Å². The van der Waals surface area contributed by atoms with Crippen LogP contribution in [0.15, 0.2) is 0 Å². The SMILES string of the molecule is CCC(C)C(O)OCCOCOCCSCC(C)C(=O)NCCNC(N)=O. The highest BCUT2D eigenvalue weighted by Gasteiger charge is 2.12. The lowest BCUT2D eigenvalue weighted by Crippen LogP contribution is -2.39. The molecule has 3 atom stereocenters. The second-order valence-corrected chi connectivity index (χ2v) is 7.29. The number of amides is 3. The molecule has 0 saturated carbocycles. The average Bonchev–Trinajstić information content (AvgIpc) is 2.65. The van der Waals surface area contributed by atoms with Crippen LogP contribution < -0.4 is 16.4 Å². The number of rotatable bonds is 17. The number of thioether (sulfide) groups is 1. The van der Waals surface area contributed by atoms with Crippen LogP contribution in [0.25, 0.3) is 0 Å². The molecule has 27 heavy (non-hydrogen) atoms. The number of nitrogens with one attached hydrogen (secondary N) is 2. The Labute approximate surface area is 166 Å². The second kappa shape index (κ2) is 17.1. The minimum Gasteiger partial charge on any atom is -0.368 e. The number of primary amides is 1. The van der Waals surface area contributed by atoms with Crippen LogP contribution in [-0.2, 0) is 19.0 Å². The van der Waals surface area contributed by atoms with Crippen molar-refractivity contribution in [3.05, 3.63) is 0 Å². The van der Waals surface area contributed by atoms with E-state index < -0.39 is 12.3 Å². The van der Waals surface area contributed by atoms with Gasteiger partial charge in [0.2, 0.25) is 5.91 Å². The lowest BCUT2D eigenvalue weighted by atomic mass is 10.1. The number of carbonyl (C=O) groups is 2. The number of hydrogen-bond acceptors (Lipinski definition) is 7. The fraction of sp³-hybridized carbons (Fsp3) is 0.882. The van der Waals surface area contributed by atoms with Crippen molar-refractivity contribution in [1.29, 1.82) is 0 Å². The molecule has 0 heterocycles. The Bertz CT molecular complexity index is 403. The van der Waals surface area contributed by atoms with Gasteiger partial charge in [0.25, 0.3) is 0 Å². The molecule has 5 N–H and O–H groups in total. The van der Waals surface area contributed by atoms with Gasteiger partial charge in [-0.25, -0.2) is 4.79 Å². The van der Waals surface area contributed by atoms with Gasteiger partial charge in [-0.15, -0.1) is 0 Å². The maximum absolute atomic E-state index is 11.8. The van der Waals surface area contributed by atoms with Crippen molar-refractivity contribution < 1.29 is 28.9 Å². The lowest BCUT2D eigenvalue weighted by molar-refractivity contribution is -0.150. The van der Waals surface area contributed by atoms with E-state index in [1.165, 1.54) is 0 Å². The van der Waals surface area contributed by atoms with E-state index in [0.29, 0.717) is 38.7 Å². The molecule has 0 aromatic rings. The molecule has 0 aromatic heterocycles. The third kappa shape index (κ3) is 15.7. The molecule has 0 bridgehead atoms. The van der Waals surface area contributed by atoms with Crippen LogP contribution in [0.3, 0.4) is 0 Å². The van der Waals surface area contributed by atoms with Gasteiger partial charge in [-0.1, -0.05) is 20.8 Å². The van der Waals surface area contributed by atoms with E-state index in [0.717, 1.165) is 12.2 Å². The summed E-state index contributed by atoms with van der Waals surface area (Å²) in [5.41, 5.74) is 4.93. The number of hydrogen-bond donors (Lipinski definition) is 4. The van der Waals surface area contributed by atoms with E-state index >= 15 is 0 Å². The number of nitrogens with two attached hydrogens (primary N) is 1. The Balaban J connectivity index is 3.43. The number of ether oxygens (including phenoxy) is 3. The molecule has 160 valence electrons. The van der Waals surface area contributed by atoms with E-state index in [2.05, 4.69) is 10.6 Å². The van der Waals surface area contributed by atoms with Gasteiger partial charge >= 0.3 is 6.03 Å². The molecule has 10 heteroatoms. The van der Waals surface area contributed by atoms with Gasteiger partial charge in [0.1, 0.15) is 6.79 Å². The molecular weight excluding hydrogens is 374 g/mol. The zero-order chi connectivity index (χ0) is 20.5. The van der Waals surface area contributed by atoms with Crippen LogP contribution >= 0.6 is 11.8 Å². The fourth-order valence-electron chi connectivity index (χ4n) is 1.77. The Hall–Kier alpha value is -1.07. The summed E-state index contributed by atoms with van der Waals surface area (Å²) < 4.78 is 15.8. The van der Waals surface area contributed by atoms with E-state index in [9.17, 15) is 14.7 Å². The second-order valence-electron chi connectivity index (χ2n) is 6.14. The Kier molecular flexibility index (Phi) is 16.4. The van der Waals surface area contributed by atoms with Gasteiger partial charge in [-0.2, -0.15) is 11.8 Å². The fourth-order valence-corrected chi connectivity index (χ4v) is 2.68. The van der Waals surface area contributed by atoms with Gasteiger partial charge < -0.3 is 35.7 Å². The molecule has 0 radical (unpaired) electrons. The van der Waals surface area contributed by atoms with Crippen molar-refractivity contribution >= 4 is 23.7 Å². The Morgan fingerprint density at radius 1 is 1.11 bits per heavy atom. The molecule has 0 aliphatic carbocycles. The topological polar surface area (TPSA) is 132 Å². The smallest absolute Gasteiger partial charge is 0.312 e. The summed E-state index contributed by atoms with van der Waals surface area (Å²) in [5.74, 6) is 1.36. The first kappa shape index (κ1) is 25.9. The quantitative estimate of drug-likeness (QED) is 0.203. The predicted molar refractivity (Wildman–Crippen MR) is 105 cm³/mol. The normalized spacial score (nSPS) is 14.4. The summed E-state index contributed by atoms with van der Waals surface area (Å²) >= 11 is 1.62. The molecule has 0 spiro atoms. The van der Waals surface area contributed by atoms with Gasteiger partial charge in [0.05, 0.1) is 19.8 Å². The van der Waals surface area contributed by atoms with E-state index in [1.807, 2.05) is 20.8 Å². The van der Waals surface area contributed by atoms with E-state index in [-0.39, 0.29) is 24.5 Å².